The summed E-state index contributed by atoms with van der Waals surface area (Å²) in [6, 6.07) is 0. The van der Waals surface area contributed by atoms with Crippen LogP contribution in [-0.2, 0) is 9.53 Å². The van der Waals surface area contributed by atoms with Crippen molar-refractivity contribution in [2.45, 2.75) is 6.42 Å². The lowest BCUT2D eigenvalue weighted by Gasteiger charge is -2.13. The van der Waals surface area contributed by atoms with Crippen molar-refractivity contribution in [3.05, 3.63) is 0 Å². The van der Waals surface area contributed by atoms with E-state index >= 15 is 0 Å². The molecule has 1 unspecified atom stereocenters. The molecule has 0 spiro atoms. The highest BCUT2D eigenvalue weighted by molar-refractivity contribution is 5.78. The van der Waals surface area contributed by atoms with Crippen LogP contribution in [0, 0.1) is 5.92 Å². The van der Waals surface area contributed by atoms with Crippen LogP contribution in [0.5, 0.6) is 0 Å². The van der Waals surface area contributed by atoms with Gasteiger partial charge in [-0.3, -0.25) is 4.79 Å². The molecule has 5 nitrogen and oxygen atoms in total. The second kappa shape index (κ2) is 3.42. The molecule has 2 N–H and O–H groups in total. The van der Waals surface area contributed by atoms with Gasteiger partial charge in [0.05, 0.1) is 13.0 Å². The summed E-state index contributed by atoms with van der Waals surface area (Å²) in [5, 5.41) is 0. The lowest BCUT2D eigenvalue weighted by Crippen LogP contribution is -2.31. The normalized spacial score (nSPS) is 22.4. The van der Waals surface area contributed by atoms with E-state index in [1.165, 1.54) is 12.0 Å². The molecular weight excluding hydrogens is 160 g/mol. The number of rotatable bonds is 1. The van der Waals surface area contributed by atoms with Gasteiger partial charge in [0.15, 0.2) is 0 Å². The molecule has 2 amide bonds. The van der Waals surface area contributed by atoms with Gasteiger partial charge in [-0.15, -0.1) is 0 Å². The van der Waals surface area contributed by atoms with Gasteiger partial charge in [-0.05, 0) is 6.42 Å². The van der Waals surface area contributed by atoms with Crippen molar-refractivity contribution in [1.29, 1.82) is 0 Å². The van der Waals surface area contributed by atoms with Crippen LogP contribution < -0.4 is 5.73 Å². The standard InChI is InChI=1S/C7H12N2O3/c1-12-7(11)9-3-2-5(4-9)6(8)10/h5H,2-4H2,1H3,(H2,8,10). The van der Waals surface area contributed by atoms with Gasteiger partial charge < -0.3 is 15.4 Å². The molecule has 1 fully saturated rings. The van der Waals surface area contributed by atoms with Crippen LogP contribution in [0.25, 0.3) is 0 Å². The predicted octanol–water partition coefficient (Wildman–Crippen LogP) is -0.440. The van der Waals surface area contributed by atoms with Gasteiger partial charge in [-0.25, -0.2) is 4.79 Å². The molecule has 0 bridgehead atoms. The van der Waals surface area contributed by atoms with Gasteiger partial charge >= 0.3 is 6.09 Å². The molecule has 0 aromatic carbocycles. The first kappa shape index (κ1) is 8.83. The predicted molar refractivity (Wildman–Crippen MR) is 41.3 cm³/mol. The Morgan fingerprint density at radius 3 is 2.67 bits per heavy atom. The summed E-state index contributed by atoms with van der Waals surface area (Å²) in [6.07, 6.45) is 0.253. The van der Waals surface area contributed by atoms with E-state index in [4.69, 9.17) is 5.73 Å². The molecule has 1 aliphatic heterocycles. The fourth-order valence-electron chi connectivity index (χ4n) is 1.29. The molecule has 0 aliphatic carbocycles. The van der Waals surface area contributed by atoms with Crippen LogP contribution in [0.2, 0.25) is 0 Å². The number of amides is 2. The van der Waals surface area contributed by atoms with Crippen LogP contribution in [-0.4, -0.2) is 37.1 Å². The zero-order chi connectivity index (χ0) is 9.14. The molecule has 5 heteroatoms. The number of primary amides is 1. The lowest BCUT2D eigenvalue weighted by atomic mass is 10.1. The Hall–Kier alpha value is -1.26. The monoisotopic (exact) mass is 172 g/mol. The zero-order valence-corrected chi connectivity index (χ0v) is 6.95. The molecule has 1 heterocycles. The fourth-order valence-corrected chi connectivity index (χ4v) is 1.29. The van der Waals surface area contributed by atoms with E-state index in [-0.39, 0.29) is 11.8 Å². The molecular formula is C7H12N2O3. The van der Waals surface area contributed by atoms with Crippen molar-refractivity contribution in [2.75, 3.05) is 20.2 Å². The highest BCUT2D eigenvalue weighted by Crippen LogP contribution is 2.15. The molecule has 12 heavy (non-hydrogen) atoms. The third-order valence-corrected chi connectivity index (χ3v) is 2.02. The minimum atomic E-state index is -0.390. The highest BCUT2D eigenvalue weighted by Gasteiger charge is 2.29. The number of nitrogens with zero attached hydrogens (tertiary/aromatic N) is 1. The summed E-state index contributed by atoms with van der Waals surface area (Å²) in [6.45, 7) is 0.947. The summed E-state index contributed by atoms with van der Waals surface area (Å²) in [5.41, 5.74) is 5.08. The van der Waals surface area contributed by atoms with E-state index in [0.29, 0.717) is 19.5 Å². The van der Waals surface area contributed by atoms with E-state index in [9.17, 15) is 9.59 Å². The van der Waals surface area contributed by atoms with Crippen LogP contribution >= 0.6 is 0 Å². The third kappa shape index (κ3) is 1.66. The van der Waals surface area contributed by atoms with E-state index in [0.717, 1.165) is 0 Å². The van der Waals surface area contributed by atoms with Crippen LogP contribution in [0.1, 0.15) is 6.42 Å². The minimum absolute atomic E-state index is 0.205. The maximum Gasteiger partial charge on any atom is 0.409 e. The molecule has 1 atom stereocenters. The van der Waals surface area contributed by atoms with E-state index in [2.05, 4.69) is 4.74 Å². The number of hydrogen-bond acceptors (Lipinski definition) is 3. The lowest BCUT2D eigenvalue weighted by molar-refractivity contribution is -0.121. The molecule has 0 aromatic rings. The van der Waals surface area contributed by atoms with E-state index < -0.39 is 6.09 Å². The van der Waals surface area contributed by atoms with Gasteiger partial charge in [0.1, 0.15) is 0 Å². The van der Waals surface area contributed by atoms with Crippen LogP contribution in [0.4, 0.5) is 4.79 Å². The van der Waals surface area contributed by atoms with Crippen molar-refractivity contribution >= 4 is 12.0 Å². The molecule has 1 rings (SSSR count). The van der Waals surface area contributed by atoms with Crippen molar-refractivity contribution in [3.8, 4) is 0 Å². The number of methoxy groups -OCH3 is 1. The van der Waals surface area contributed by atoms with Crippen molar-refractivity contribution in [3.63, 3.8) is 0 Å². The smallest absolute Gasteiger partial charge is 0.409 e. The largest absolute Gasteiger partial charge is 0.453 e. The molecule has 0 saturated carbocycles. The van der Waals surface area contributed by atoms with Gasteiger partial charge in [0, 0.05) is 13.1 Å². The number of likely N-dealkylation sites (tertiary alicyclic amines) is 1. The molecule has 1 saturated heterocycles. The Bertz CT molecular complexity index is 205. The third-order valence-electron chi connectivity index (χ3n) is 2.02. The van der Waals surface area contributed by atoms with E-state index in [1.54, 1.807) is 0 Å². The average molecular weight is 172 g/mol. The summed E-state index contributed by atoms with van der Waals surface area (Å²) in [7, 11) is 1.32. The fraction of sp³-hybridized carbons (Fsp3) is 0.714. The Kier molecular flexibility index (Phi) is 2.52. The van der Waals surface area contributed by atoms with Gasteiger partial charge in [-0.1, -0.05) is 0 Å². The Balaban J connectivity index is 2.45. The number of ether oxygens (including phenoxy) is 1. The van der Waals surface area contributed by atoms with Crippen LogP contribution in [0.3, 0.4) is 0 Å². The summed E-state index contributed by atoms with van der Waals surface area (Å²) < 4.78 is 4.50. The molecule has 1 aliphatic rings. The second-order valence-electron chi connectivity index (χ2n) is 2.80. The number of nitrogens with two attached hydrogens (primary N) is 1. The van der Waals surface area contributed by atoms with Crippen molar-refractivity contribution in [2.24, 2.45) is 11.7 Å². The van der Waals surface area contributed by atoms with Gasteiger partial charge in [0.25, 0.3) is 0 Å². The van der Waals surface area contributed by atoms with Crippen molar-refractivity contribution in [1.82, 2.24) is 4.90 Å². The second-order valence-corrected chi connectivity index (χ2v) is 2.80. The maximum atomic E-state index is 10.9. The molecule has 0 aromatic heterocycles. The highest BCUT2D eigenvalue weighted by atomic mass is 16.5. The Labute approximate surface area is 70.5 Å². The SMILES string of the molecule is COC(=O)N1CCC(C(N)=O)C1. The number of hydrogen-bond donors (Lipinski definition) is 1. The summed E-state index contributed by atoms with van der Waals surface area (Å²) >= 11 is 0. The maximum absolute atomic E-state index is 10.9. The first-order chi connectivity index (χ1) is 5.65. The number of carbonyl (C=O) groups excluding carboxylic acids is 2. The van der Waals surface area contributed by atoms with Gasteiger partial charge in [0.2, 0.25) is 5.91 Å². The quantitative estimate of drug-likeness (QED) is 0.582. The molecule has 0 radical (unpaired) electrons. The average Bonchev–Trinajstić information content (AvgIpc) is 2.51. The summed E-state index contributed by atoms with van der Waals surface area (Å²) in [5.74, 6) is -0.550. The van der Waals surface area contributed by atoms with E-state index in [1.807, 2.05) is 0 Å². The summed E-state index contributed by atoms with van der Waals surface area (Å²) in [4.78, 5) is 23.1. The molecule has 68 valence electrons. The first-order valence-electron chi connectivity index (χ1n) is 3.77. The number of carbonyl (C=O) groups is 2. The topological polar surface area (TPSA) is 72.6 Å². The minimum Gasteiger partial charge on any atom is -0.453 e. The zero-order valence-electron chi connectivity index (χ0n) is 6.95. The Morgan fingerprint density at radius 2 is 2.25 bits per heavy atom. The Morgan fingerprint density at radius 1 is 1.58 bits per heavy atom. The first-order valence-corrected chi connectivity index (χ1v) is 3.77. The van der Waals surface area contributed by atoms with Crippen LogP contribution in [0.15, 0.2) is 0 Å². The van der Waals surface area contributed by atoms with Crippen molar-refractivity contribution < 1.29 is 14.3 Å². The van der Waals surface area contributed by atoms with Gasteiger partial charge in [-0.2, -0.15) is 0 Å².